The van der Waals surface area contributed by atoms with Gasteiger partial charge in [0.05, 0.1) is 18.3 Å². The Labute approximate surface area is 104 Å². The first kappa shape index (κ1) is 12.0. The highest BCUT2D eigenvalue weighted by Crippen LogP contribution is 2.15. The van der Waals surface area contributed by atoms with Gasteiger partial charge in [0.25, 0.3) is 0 Å². The van der Waals surface area contributed by atoms with Crippen molar-refractivity contribution in [3.8, 4) is 0 Å². The molecule has 0 saturated carbocycles. The third-order valence-corrected chi connectivity index (χ3v) is 2.97. The van der Waals surface area contributed by atoms with E-state index in [1.165, 1.54) is 11.3 Å². The second-order valence-corrected chi connectivity index (χ2v) is 5.99. The van der Waals surface area contributed by atoms with Crippen LogP contribution in [0.5, 0.6) is 0 Å². The molecule has 0 atom stereocenters. The maximum atomic E-state index is 4.11. The third kappa shape index (κ3) is 3.00. The van der Waals surface area contributed by atoms with Crippen molar-refractivity contribution in [3.63, 3.8) is 0 Å². The van der Waals surface area contributed by atoms with Crippen molar-refractivity contribution in [2.75, 3.05) is 5.32 Å². The molecule has 0 aliphatic rings. The Morgan fingerprint density at radius 2 is 2.06 bits per heavy atom. The molecule has 0 aliphatic carbocycles. The first-order valence-corrected chi connectivity index (χ1v) is 6.22. The molecular weight excluding hydrogens is 236 g/mol. The fourth-order valence-corrected chi connectivity index (χ4v) is 1.83. The van der Waals surface area contributed by atoms with Crippen molar-refractivity contribution in [3.05, 3.63) is 16.9 Å². The van der Waals surface area contributed by atoms with Gasteiger partial charge in [-0.2, -0.15) is 0 Å². The van der Waals surface area contributed by atoms with Gasteiger partial charge in [0.1, 0.15) is 10.7 Å². The first-order chi connectivity index (χ1) is 7.95. The summed E-state index contributed by atoms with van der Waals surface area (Å²) in [4.78, 5) is 0. The second-order valence-electron chi connectivity index (χ2n) is 4.81. The largest absolute Gasteiger partial charge is 0.354 e. The molecule has 2 aromatic rings. The van der Waals surface area contributed by atoms with E-state index in [-0.39, 0.29) is 5.54 Å². The average Bonchev–Trinajstić information content (AvgIpc) is 2.82. The van der Waals surface area contributed by atoms with E-state index in [0.717, 1.165) is 15.8 Å². The Morgan fingerprint density at radius 3 is 2.59 bits per heavy atom. The van der Waals surface area contributed by atoms with Crippen LogP contribution in [0.1, 0.15) is 31.5 Å². The summed E-state index contributed by atoms with van der Waals surface area (Å²) in [5.41, 5.74) is 0.859. The maximum Gasteiger partial charge on any atom is 0.205 e. The molecule has 2 aromatic heterocycles. The number of aromatic nitrogens is 5. The maximum absolute atomic E-state index is 4.11. The van der Waals surface area contributed by atoms with E-state index < -0.39 is 0 Å². The van der Waals surface area contributed by atoms with Gasteiger partial charge in [0.2, 0.25) is 5.13 Å². The van der Waals surface area contributed by atoms with Gasteiger partial charge in [0.15, 0.2) is 0 Å². The minimum Gasteiger partial charge on any atom is -0.354 e. The zero-order valence-electron chi connectivity index (χ0n) is 10.4. The summed E-state index contributed by atoms with van der Waals surface area (Å²) in [6, 6.07) is 0. The summed E-state index contributed by atoms with van der Waals surface area (Å²) in [7, 11) is 0. The van der Waals surface area contributed by atoms with Gasteiger partial charge in [-0.3, -0.25) is 0 Å². The quantitative estimate of drug-likeness (QED) is 0.902. The Hall–Kier alpha value is -1.50. The van der Waals surface area contributed by atoms with Gasteiger partial charge in [0, 0.05) is 0 Å². The molecule has 2 heterocycles. The summed E-state index contributed by atoms with van der Waals surface area (Å²) in [6.45, 7) is 8.82. The molecule has 0 bridgehead atoms. The van der Waals surface area contributed by atoms with Gasteiger partial charge in [-0.25, -0.2) is 4.68 Å². The SMILES string of the molecule is Cc1nnc(NCc2cn(C(C)(C)C)nn2)s1. The topological polar surface area (TPSA) is 68.5 Å². The highest BCUT2D eigenvalue weighted by atomic mass is 32.1. The normalized spacial score (nSPS) is 11.8. The molecule has 0 unspecified atom stereocenters. The molecule has 0 radical (unpaired) electrons. The van der Waals surface area contributed by atoms with Crippen LogP contribution in [0.2, 0.25) is 0 Å². The minimum absolute atomic E-state index is 0.0371. The molecule has 92 valence electrons. The zero-order chi connectivity index (χ0) is 12.5. The number of aryl methyl sites for hydroxylation is 1. The summed E-state index contributed by atoms with van der Waals surface area (Å²) in [5, 5.41) is 21.1. The van der Waals surface area contributed by atoms with E-state index in [1.54, 1.807) is 0 Å². The van der Waals surface area contributed by atoms with Crippen molar-refractivity contribution in [1.82, 2.24) is 25.2 Å². The number of hydrogen-bond acceptors (Lipinski definition) is 6. The molecule has 7 heteroatoms. The molecule has 1 N–H and O–H groups in total. The Bertz CT molecular complexity index is 495. The molecular formula is C10H16N6S. The summed E-state index contributed by atoms with van der Waals surface area (Å²) < 4.78 is 1.86. The summed E-state index contributed by atoms with van der Waals surface area (Å²) >= 11 is 1.53. The highest BCUT2D eigenvalue weighted by Gasteiger charge is 2.14. The molecule has 0 aromatic carbocycles. The lowest BCUT2D eigenvalue weighted by Crippen LogP contribution is -2.22. The van der Waals surface area contributed by atoms with E-state index in [1.807, 2.05) is 17.8 Å². The molecule has 0 amide bonds. The van der Waals surface area contributed by atoms with Crippen LogP contribution in [0, 0.1) is 6.92 Å². The van der Waals surface area contributed by atoms with Crippen LogP contribution in [0.15, 0.2) is 6.20 Å². The fraction of sp³-hybridized carbons (Fsp3) is 0.600. The van der Waals surface area contributed by atoms with Crippen molar-refractivity contribution in [1.29, 1.82) is 0 Å². The van der Waals surface area contributed by atoms with Crippen LogP contribution in [-0.2, 0) is 12.1 Å². The molecule has 0 saturated heterocycles. The van der Waals surface area contributed by atoms with Gasteiger partial charge in [-0.1, -0.05) is 16.6 Å². The molecule has 0 aliphatic heterocycles. The van der Waals surface area contributed by atoms with Crippen molar-refractivity contribution in [2.24, 2.45) is 0 Å². The third-order valence-electron chi connectivity index (χ3n) is 2.17. The van der Waals surface area contributed by atoms with Crippen molar-refractivity contribution in [2.45, 2.75) is 39.8 Å². The minimum atomic E-state index is -0.0371. The average molecular weight is 252 g/mol. The lowest BCUT2D eigenvalue weighted by molar-refractivity contribution is 0.347. The molecule has 6 nitrogen and oxygen atoms in total. The summed E-state index contributed by atoms with van der Waals surface area (Å²) in [6.07, 6.45) is 1.95. The molecule has 0 spiro atoms. The monoisotopic (exact) mass is 252 g/mol. The van der Waals surface area contributed by atoms with E-state index in [0.29, 0.717) is 6.54 Å². The van der Waals surface area contributed by atoms with Crippen LogP contribution in [0.3, 0.4) is 0 Å². The van der Waals surface area contributed by atoms with Crippen LogP contribution in [0.25, 0.3) is 0 Å². The highest BCUT2D eigenvalue weighted by molar-refractivity contribution is 7.15. The number of anilines is 1. The molecule has 0 fully saturated rings. The predicted molar refractivity (Wildman–Crippen MR) is 67.0 cm³/mol. The molecule has 2 rings (SSSR count). The van der Waals surface area contributed by atoms with Crippen molar-refractivity contribution >= 4 is 16.5 Å². The van der Waals surface area contributed by atoms with E-state index >= 15 is 0 Å². The fourth-order valence-electron chi connectivity index (χ4n) is 1.24. The number of nitrogens with zero attached hydrogens (tertiary/aromatic N) is 5. The Balaban J connectivity index is 1.98. The number of rotatable bonds is 3. The molecule has 17 heavy (non-hydrogen) atoms. The number of hydrogen-bond donors (Lipinski definition) is 1. The lowest BCUT2D eigenvalue weighted by Gasteiger charge is -2.17. The smallest absolute Gasteiger partial charge is 0.205 e. The van der Waals surface area contributed by atoms with Crippen LogP contribution < -0.4 is 5.32 Å². The van der Waals surface area contributed by atoms with Crippen LogP contribution in [-0.4, -0.2) is 25.2 Å². The van der Waals surface area contributed by atoms with E-state index in [9.17, 15) is 0 Å². The van der Waals surface area contributed by atoms with E-state index in [2.05, 4.69) is 46.6 Å². The van der Waals surface area contributed by atoms with Gasteiger partial charge < -0.3 is 5.32 Å². The van der Waals surface area contributed by atoms with Gasteiger partial charge in [-0.05, 0) is 27.7 Å². The second kappa shape index (κ2) is 4.40. The van der Waals surface area contributed by atoms with Crippen LogP contribution >= 0.6 is 11.3 Å². The predicted octanol–water partition coefficient (Wildman–Crippen LogP) is 1.81. The number of nitrogens with one attached hydrogen (secondary N) is 1. The summed E-state index contributed by atoms with van der Waals surface area (Å²) in [5.74, 6) is 0. The first-order valence-electron chi connectivity index (χ1n) is 5.41. The standard InChI is InChI=1S/C10H16N6S/c1-7-12-14-9(17-7)11-5-8-6-16(15-13-8)10(2,3)4/h6H,5H2,1-4H3,(H,11,14). The zero-order valence-corrected chi connectivity index (χ0v) is 11.2. The van der Waals surface area contributed by atoms with Gasteiger partial charge >= 0.3 is 0 Å². The van der Waals surface area contributed by atoms with Gasteiger partial charge in [-0.15, -0.1) is 15.3 Å². The Morgan fingerprint density at radius 1 is 1.29 bits per heavy atom. The van der Waals surface area contributed by atoms with Crippen LogP contribution in [0.4, 0.5) is 5.13 Å². The van der Waals surface area contributed by atoms with E-state index in [4.69, 9.17) is 0 Å². The Kier molecular flexibility index (Phi) is 3.10. The van der Waals surface area contributed by atoms with Crippen molar-refractivity contribution < 1.29 is 0 Å². The lowest BCUT2D eigenvalue weighted by atomic mass is 10.1.